The van der Waals surface area contributed by atoms with Gasteiger partial charge in [0.15, 0.2) is 5.82 Å². The molecule has 0 aliphatic heterocycles. The van der Waals surface area contributed by atoms with Crippen molar-refractivity contribution in [3.63, 3.8) is 0 Å². The summed E-state index contributed by atoms with van der Waals surface area (Å²) in [7, 11) is 3.47. The molecule has 2 aromatic rings. The van der Waals surface area contributed by atoms with Crippen LogP contribution in [0.25, 0.3) is 10.7 Å². The number of hydrogen-bond acceptors (Lipinski definition) is 4. The van der Waals surface area contributed by atoms with E-state index in [0.717, 1.165) is 16.5 Å². The van der Waals surface area contributed by atoms with E-state index in [0.29, 0.717) is 4.77 Å². The summed E-state index contributed by atoms with van der Waals surface area (Å²) in [4.78, 5) is 5.19. The minimum Gasteiger partial charge on any atom is -0.495 e. The second-order valence-corrected chi connectivity index (χ2v) is 4.01. The highest BCUT2D eigenvalue weighted by molar-refractivity contribution is 7.71. The van der Waals surface area contributed by atoms with Crippen LogP contribution in [-0.4, -0.2) is 21.9 Å². The topological polar surface area (TPSA) is 42.8 Å². The van der Waals surface area contributed by atoms with Gasteiger partial charge in [0, 0.05) is 7.05 Å². The van der Waals surface area contributed by atoms with E-state index in [2.05, 4.69) is 10.1 Å². The minimum absolute atomic E-state index is 0.537. The summed E-state index contributed by atoms with van der Waals surface area (Å²) < 4.78 is 7.43. The molecule has 74 valence electrons. The van der Waals surface area contributed by atoms with E-state index in [4.69, 9.17) is 17.0 Å². The van der Waals surface area contributed by atoms with Crippen LogP contribution in [-0.2, 0) is 7.05 Å². The first-order valence-electron chi connectivity index (χ1n) is 3.97. The lowest BCUT2D eigenvalue weighted by Gasteiger charge is -1.97. The molecule has 1 N–H and O–H groups in total. The number of aromatic nitrogens is 3. The van der Waals surface area contributed by atoms with E-state index in [1.807, 2.05) is 18.5 Å². The lowest BCUT2D eigenvalue weighted by atomic mass is 10.4. The Hall–Kier alpha value is -1.14. The van der Waals surface area contributed by atoms with Gasteiger partial charge in [-0.3, -0.25) is 9.78 Å². The highest BCUT2D eigenvalue weighted by atomic mass is 32.1. The molecule has 4 nitrogen and oxygen atoms in total. The zero-order valence-corrected chi connectivity index (χ0v) is 9.41. The van der Waals surface area contributed by atoms with Crippen molar-refractivity contribution in [2.45, 2.75) is 0 Å². The molecule has 0 atom stereocenters. The van der Waals surface area contributed by atoms with Gasteiger partial charge in [-0.05, 0) is 23.7 Å². The Morgan fingerprint density at radius 1 is 1.64 bits per heavy atom. The van der Waals surface area contributed by atoms with Gasteiger partial charge in [-0.2, -0.15) is 4.98 Å². The van der Waals surface area contributed by atoms with Gasteiger partial charge in [0.1, 0.15) is 10.6 Å². The van der Waals surface area contributed by atoms with E-state index >= 15 is 0 Å². The van der Waals surface area contributed by atoms with Crippen LogP contribution >= 0.6 is 23.6 Å². The summed E-state index contributed by atoms with van der Waals surface area (Å²) in [5.41, 5.74) is 0. The van der Waals surface area contributed by atoms with E-state index in [9.17, 15) is 0 Å². The van der Waals surface area contributed by atoms with Crippen molar-refractivity contribution in [1.82, 2.24) is 14.8 Å². The number of aryl methyl sites for hydroxylation is 1. The number of methoxy groups -OCH3 is 1. The fourth-order valence-corrected chi connectivity index (χ4v) is 2.07. The quantitative estimate of drug-likeness (QED) is 0.800. The van der Waals surface area contributed by atoms with Gasteiger partial charge in [-0.25, -0.2) is 0 Å². The van der Waals surface area contributed by atoms with Crippen molar-refractivity contribution < 1.29 is 4.74 Å². The third-order valence-electron chi connectivity index (χ3n) is 1.83. The maximum absolute atomic E-state index is 5.20. The summed E-state index contributed by atoms with van der Waals surface area (Å²) in [6.07, 6.45) is 0. The molecule has 0 amide bonds. The highest BCUT2D eigenvalue weighted by Crippen LogP contribution is 2.32. The van der Waals surface area contributed by atoms with Crippen LogP contribution in [0.1, 0.15) is 0 Å². The number of nitrogens with one attached hydrogen (secondary N) is 1. The second-order valence-electron chi connectivity index (χ2n) is 2.73. The van der Waals surface area contributed by atoms with Crippen LogP contribution in [0, 0.1) is 4.77 Å². The number of nitrogens with zero attached hydrogens (tertiary/aromatic N) is 2. The molecule has 0 saturated carbocycles. The summed E-state index contributed by atoms with van der Waals surface area (Å²) in [6.45, 7) is 0. The standard InChI is InChI=1S/C8H9N3OS2/c1-11-8(13)9-7(10-11)6-5(12-2)3-4-14-6/h3-4H,1-2H3,(H,9,10,13). The smallest absolute Gasteiger partial charge is 0.216 e. The molecule has 2 heterocycles. The Morgan fingerprint density at radius 2 is 2.43 bits per heavy atom. The van der Waals surface area contributed by atoms with Gasteiger partial charge in [-0.1, -0.05) is 0 Å². The largest absolute Gasteiger partial charge is 0.495 e. The van der Waals surface area contributed by atoms with Gasteiger partial charge in [-0.15, -0.1) is 11.3 Å². The Balaban J connectivity index is 2.54. The van der Waals surface area contributed by atoms with E-state index in [-0.39, 0.29) is 0 Å². The van der Waals surface area contributed by atoms with Crippen LogP contribution in [0.3, 0.4) is 0 Å². The Morgan fingerprint density at radius 3 is 3.00 bits per heavy atom. The van der Waals surface area contributed by atoms with Crippen molar-refractivity contribution >= 4 is 23.6 Å². The minimum atomic E-state index is 0.537. The van der Waals surface area contributed by atoms with Crippen LogP contribution in [0.5, 0.6) is 5.75 Å². The lowest BCUT2D eigenvalue weighted by molar-refractivity contribution is 0.418. The monoisotopic (exact) mass is 227 g/mol. The normalized spacial score (nSPS) is 10.4. The summed E-state index contributed by atoms with van der Waals surface area (Å²) in [5, 5.41) is 5.01. The van der Waals surface area contributed by atoms with Crippen LogP contribution in [0.2, 0.25) is 0 Å². The molecule has 0 radical (unpaired) electrons. The maximum Gasteiger partial charge on any atom is 0.216 e. The van der Waals surface area contributed by atoms with Crippen LogP contribution in [0.15, 0.2) is 11.4 Å². The third-order valence-corrected chi connectivity index (χ3v) is 3.10. The van der Waals surface area contributed by atoms with Crippen molar-refractivity contribution in [2.75, 3.05) is 7.11 Å². The van der Waals surface area contributed by atoms with Gasteiger partial charge >= 0.3 is 0 Å². The molecule has 0 spiro atoms. The first-order valence-corrected chi connectivity index (χ1v) is 5.26. The second kappa shape index (κ2) is 3.55. The van der Waals surface area contributed by atoms with Gasteiger partial charge < -0.3 is 4.74 Å². The number of aromatic amines is 1. The van der Waals surface area contributed by atoms with Crippen molar-refractivity contribution in [2.24, 2.45) is 7.05 Å². The Kier molecular flexibility index (Phi) is 2.39. The summed E-state index contributed by atoms with van der Waals surface area (Å²) >= 11 is 6.58. The number of thiophene rings is 1. The first-order chi connectivity index (χ1) is 6.72. The molecule has 0 unspecified atom stereocenters. The molecule has 2 aromatic heterocycles. The summed E-state index contributed by atoms with van der Waals surface area (Å²) in [5.74, 6) is 1.57. The predicted molar refractivity (Wildman–Crippen MR) is 58.3 cm³/mol. The van der Waals surface area contributed by atoms with E-state index in [1.165, 1.54) is 0 Å². The van der Waals surface area contributed by atoms with Crippen molar-refractivity contribution in [3.8, 4) is 16.5 Å². The fraction of sp³-hybridized carbons (Fsp3) is 0.250. The molecule has 0 fully saturated rings. The average molecular weight is 227 g/mol. The van der Waals surface area contributed by atoms with E-state index < -0.39 is 0 Å². The molecular formula is C8H9N3OS2. The molecule has 0 aromatic carbocycles. The maximum atomic E-state index is 5.20. The lowest BCUT2D eigenvalue weighted by Crippen LogP contribution is -1.89. The summed E-state index contributed by atoms with van der Waals surface area (Å²) in [6, 6.07) is 1.91. The molecule has 2 rings (SSSR count). The SMILES string of the molecule is COc1ccsc1-c1nc(=S)n(C)[nH]1. The zero-order chi connectivity index (χ0) is 10.1. The Labute approximate surface area is 90.2 Å². The van der Waals surface area contributed by atoms with Crippen LogP contribution < -0.4 is 4.74 Å². The molecule has 14 heavy (non-hydrogen) atoms. The molecule has 0 aliphatic carbocycles. The highest BCUT2D eigenvalue weighted by Gasteiger charge is 2.10. The van der Waals surface area contributed by atoms with Gasteiger partial charge in [0.2, 0.25) is 4.77 Å². The van der Waals surface area contributed by atoms with Crippen molar-refractivity contribution in [3.05, 3.63) is 16.2 Å². The van der Waals surface area contributed by atoms with Gasteiger partial charge in [0.25, 0.3) is 0 Å². The third kappa shape index (κ3) is 1.46. The van der Waals surface area contributed by atoms with Crippen molar-refractivity contribution in [1.29, 1.82) is 0 Å². The zero-order valence-electron chi connectivity index (χ0n) is 7.77. The van der Waals surface area contributed by atoms with Crippen LogP contribution in [0.4, 0.5) is 0 Å². The molecule has 0 saturated heterocycles. The number of rotatable bonds is 2. The van der Waals surface area contributed by atoms with Gasteiger partial charge in [0.05, 0.1) is 7.11 Å². The first kappa shape index (κ1) is 9.42. The molecule has 0 aliphatic rings. The predicted octanol–water partition coefficient (Wildman–Crippen LogP) is 2.21. The van der Waals surface area contributed by atoms with E-state index in [1.54, 1.807) is 23.1 Å². The molecule has 0 bridgehead atoms. The fourth-order valence-electron chi connectivity index (χ4n) is 1.13. The Bertz CT molecular complexity index is 497. The average Bonchev–Trinajstić information content (AvgIpc) is 2.73. The number of hydrogen-bond donors (Lipinski definition) is 1. The number of ether oxygens (including phenoxy) is 1. The molecule has 6 heteroatoms. The molecular weight excluding hydrogens is 218 g/mol. The number of H-pyrrole nitrogens is 1.